The summed E-state index contributed by atoms with van der Waals surface area (Å²) in [5, 5.41) is 0. The average Bonchev–Trinajstić information content (AvgIpc) is 2.89. The van der Waals surface area contributed by atoms with Gasteiger partial charge in [0.2, 0.25) is 0 Å². The van der Waals surface area contributed by atoms with Crippen molar-refractivity contribution in [3.05, 3.63) is 0 Å². The van der Waals surface area contributed by atoms with Crippen molar-refractivity contribution in [1.82, 2.24) is 0 Å². The lowest BCUT2D eigenvalue weighted by Crippen LogP contribution is -2.49. The molecule has 228 valence electrons. The Balaban J connectivity index is 1.75. The van der Waals surface area contributed by atoms with E-state index in [2.05, 4.69) is 14.0 Å². The van der Waals surface area contributed by atoms with Gasteiger partial charge in [-0.2, -0.15) is 0 Å². The van der Waals surface area contributed by atoms with E-state index in [4.69, 9.17) is 18.5 Å². The third-order valence-electron chi connectivity index (χ3n) is 7.78. The number of nitrogens with zero attached hydrogens (tertiary/aromatic N) is 1. The molecule has 0 saturated carbocycles. The molecule has 8 heteroatoms. The maximum Gasteiger partial charge on any atom is 0.472 e. The largest absolute Gasteiger partial charge is 0.472 e. The molecular weight excluding hydrogens is 501 g/mol. The molecule has 0 bridgehead atoms. The Bertz CT molecular complexity index is 559. The molecule has 0 aliphatic carbocycles. The zero-order valence-electron chi connectivity index (χ0n) is 25.2. The fraction of sp³-hybridized carbons (Fsp3) is 1.00. The minimum atomic E-state index is -4.01. The topological polar surface area (TPSA) is 74.2 Å². The van der Waals surface area contributed by atoms with E-state index in [1.54, 1.807) is 0 Å². The first kappa shape index (κ1) is 36.0. The van der Waals surface area contributed by atoms with Gasteiger partial charge in [-0.3, -0.25) is 9.05 Å². The second kappa shape index (κ2) is 24.8. The fourth-order valence-corrected chi connectivity index (χ4v) is 5.89. The molecule has 0 aromatic heterocycles. The quantitative estimate of drug-likeness (QED) is 0.0589. The predicted octanol–water partition coefficient (Wildman–Crippen LogP) is 8.05. The van der Waals surface area contributed by atoms with E-state index < -0.39 is 7.82 Å². The van der Waals surface area contributed by atoms with E-state index >= 15 is 0 Å². The molecule has 0 aromatic carbocycles. The Kier molecular flexibility index (Phi) is 23.5. The molecule has 0 amide bonds. The van der Waals surface area contributed by atoms with Gasteiger partial charge >= 0.3 is 7.82 Å². The van der Waals surface area contributed by atoms with E-state index in [1.807, 2.05) is 0 Å². The number of ether oxygens (including phenoxy) is 2. The van der Waals surface area contributed by atoms with Crippen LogP contribution in [0.5, 0.6) is 0 Å². The average molecular weight is 565 g/mol. The van der Waals surface area contributed by atoms with Gasteiger partial charge in [-0.05, 0) is 25.7 Å². The van der Waals surface area contributed by atoms with Gasteiger partial charge in [0, 0.05) is 6.61 Å². The number of likely N-dealkylation sites (tertiary alicyclic amines) is 1. The molecule has 0 spiro atoms. The molecule has 1 N–H and O–H groups in total. The van der Waals surface area contributed by atoms with Crippen LogP contribution in [-0.4, -0.2) is 75.7 Å². The summed E-state index contributed by atoms with van der Waals surface area (Å²) in [6.45, 7) is 7.55. The van der Waals surface area contributed by atoms with E-state index in [0.29, 0.717) is 13.2 Å². The summed E-state index contributed by atoms with van der Waals surface area (Å²) in [4.78, 5) is 9.82. The Morgan fingerprint density at radius 3 is 1.53 bits per heavy atom. The van der Waals surface area contributed by atoms with E-state index in [1.165, 1.54) is 116 Å². The number of quaternary nitrogens is 1. The van der Waals surface area contributed by atoms with Crippen LogP contribution in [0.25, 0.3) is 0 Å². The van der Waals surface area contributed by atoms with Crippen molar-refractivity contribution in [2.75, 3.05) is 66.3 Å². The maximum atomic E-state index is 12.0. The smallest absolute Gasteiger partial charge is 0.379 e. The number of unbranched alkanes of at least 4 members (excludes halogenated alkanes) is 15. The number of hydrogen-bond acceptors (Lipinski definition) is 5. The molecule has 1 saturated heterocycles. The van der Waals surface area contributed by atoms with Crippen LogP contribution in [0.3, 0.4) is 0 Å². The van der Waals surface area contributed by atoms with Crippen LogP contribution in [0, 0.1) is 0 Å². The second-order valence-electron chi connectivity index (χ2n) is 11.5. The Morgan fingerprint density at radius 2 is 1.00 bits per heavy atom. The van der Waals surface area contributed by atoms with Gasteiger partial charge < -0.3 is 18.9 Å². The van der Waals surface area contributed by atoms with Gasteiger partial charge in [0.15, 0.2) is 0 Å². The normalized spacial score (nSPS) is 17.0. The Morgan fingerprint density at radius 1 is 0.579 bits per heavy atom. The number of phosphoric ester groups is 1. The number of hydrogen-bond donors (Lipinski definition) is 1. The van der Waals surface area contributed by atoms with Gasteiger partial charge in [0.05, 0.1) is 46.6 Å². The molecule has 1 rings (SSSR count). The first-order chi connectivity index (χ1) is 18.5. The fourth-order valence-electron chi connectivity index (χ4n) is 5.20. The highest BCUT2D eigenvalue weighted by Gasteiger charge is 2.27. The van der Waals surface area contributed by atoms with Gasteiger partial charge in [0.25, 0.3) is 0 Å². The highest BCUT2D eigenvalue weighted by molar-refractivity contribution is 7.47. The summed E-state index contributed by atoms with van der Waals surface area (Å²) >= 11 is 0. The molecular formula is C30H63NO6P+. The van der Waals surface area contributed by atoms with Crippen LogP contribution >= 0.6 is 7.82 Å². The third kappa shape index (κ3) is 22.8. The standard InChI is InChI=1S/C30H62NO6P/c1-3-4-5-6-7-8-9-10-11-12-13-14-15-16-17-21-25-34-27-28-35-29-30-37-38(32,33)36-26-24-31(2)22-19-18-20-23-31/h3-30H2,1-2H3/p+1. The molecule has 1 aliphatic heterocycles. The first-order valence-electron chi connectivity index (χ1n) is 16.1. The van der Waals surface area contributed by atoms with Crippen molar-refractivity contribution in [3.8, 4) is 0 Å². The van der Waals surface area contributed by atoms with Crippen molar-refractivity contribution in [3.63, 3.8) is 0 Å². The van der Waals surface area contributed by atoms with Crippen molar-refractivity contribution >= 4 is 7.82 Å². The highest BCUT2D eigenvalue weighted by atomic mass is 31.2. The number of rotatable bonds is 28. The van der Waals surface area contributed by atoms with Gasteiger partial charge in [-0.15, -0.1) is 0 Å². The minimum Gasteiger partial charge on any atom is -0.379 e. The second-order valence-corrected chi connectivity index (χ2v) is 13.0. The van der Waals surface area contributed by atoms with Crippen LogP contribution in [0.1, 0.15) is 129 Å². The number of likely N-dealkylation sites (N-methyl/N-ethyl adjacent to an activating group) is 1. The molecule has 0 aromatic rings. The minimum absolute atomic E-state index is 0.0407. The summed E-state index contributed by atoms with van der Waals surface area (Å²) in [6, 6.07) is 0. The van der Waals surface area contributed by atoms with Crippen molar-refractivity contribution in [2.45, 2.75) is 129 Å². The molecule has 1 unspecified atom stereocenters. The highest BCUT2D eigenvalue weighted by Crippen LogP contribution is 2.42. The van der Waals surface area contributed by atoms with Crippen LogP contribution in [0.15, 0.2) is 0 Å². The van der Waals surface area contributed by atoms with E-state index in [0.717, 1.165) is 37.1 Å². The van der Waals surface area contributed by atoms with E-state index in [-0.39, 0.29) is 19.8 Å². The summed E-state index contributed by atoms with van der Waals surface area (Å²) in [6.07, 6.45) is 25.6. The Labute approximate surface area is 235 Å². The van der Waals surface area contributed by atoms with Gasteiger partial charge in [-0.1, -0.05) is 103 Å². The number of piperidine rings is 1. The van der Waals surface area contributed by atoms with Crippen LogP contribution in [0.4, 0.5) is 0 Å². The van der Waals surface area contributed by atoms with Crippen LogP contribution < -0.4 is 0 Å². The summed E-state index contributed by atoms with van der Waals surface area (Å²) in [7, 11) is -1.83. The van der Waals surface area contributed by atoms with Crippen molar-refractivity contribution in [1.29, 1.82) is 0 Å². The lowest BCUT2D eigenvalue weighted by Gasteiger charge is -2.37. The lowest BCUT2D eigenvalue weighted by atomic mass is 10.0. The SMILES string of the molecule is CCCCCCCCCCCCCCCCCCOCCOCCOP(=O)(O)OCC[N+]1(C)CCCCC1. The van der Waals surface area contributed by atoms with Gasteiger partial charge in [0.1, 0.15) is 13.2 Å². The van der Waals surface area contributed by atoms with Crippen LogP contribution in [-0.2, 0) is 23.1 Å². The van der Waals surface area contributed by atoms with Gasteiger partial charge in [-0.25, -0.2) is 4.57 Å². The maximum absolute atomic E-state index is 12.0. The zero-order chi connectivity index (χ0) is 27.6. The van der Waals surface area contributed by atoms with Crippen LogP contribution in [0.2, 0.25) is 0 Å². The molecule has 1 fully saturated rings. The van der Waals surface area contributed by atoms with Crippen molar-refractivity contribution in [2.24, 2.45) is 0 Å². The summed E-state index contributed by atoms with van der Waals surface area (Å²) in [5.74, 6) is 0. The van der Waals surface area contributed by atoms with E-state index in [9.17, 15) is 9.46 Å². The first-order valence-corrected chi connectivity index (χ1v) is 17.6. The molecule has 1 heterocycles. The molecule has 1 aliphatic rings. The number of phosphoric acid groups is 1. The third-order valence-corrected chi connectivity index (χ3v) is 8.80. The monoisotopic (exact) mass is 564 g/mol. The molecule has 38 heavy (non-hydrogen) atoms. The molecule has 7 nitrogen and oxygen atoms in total. The van der Waals surface area contributed by atoms with Crippen molar-refractivity contribution < 1.29 is 32.5 Å². The summed E-state index contributed by atoms with van der Waals surface area (Å²) < 4.78 is 34.1. The lowest BCUT2D eigenvalue weighted by molar-refractivity contribution is -0.914. The molecule has 0 radical (unpaired) electrons. The zero-order valence-corrected chi connectivity index (χ0v) is 26.1. The Hall–Kier alpha value is -0.0100. The summed E-state index contributed by atoms with van der Waals surface area (Å²) in [5.41, 5.74) is 0. The predicted molar refractivity (Wildman–Crippen MR) is 158 cm³/mol. The molecule has 1 atom stereocenters.